The SMILES string of the molecule is Cn1ncc2cc(N3CC(S(N)(=O)=O)CC3=O)ccc21. The molecular formula is C12H14N4O3S. The first-order chi connectivity index (χ1) is 9.36. The predicted octanol–water partition coefficient (Wildman–Crippen LogP) is -0.0329. The van der Waals surface area contributed by atoms with Crippen LogP contribution in [0.15, 0.2) is 24.4 Å². The Labute approximate surface area is 116 Å². The van der Waals surface area contributed by atoms with E-state index in [2.05, 4.69) is 5.10 Å². The topological polar surface area (TPSA) is 98.3 Å². The molecular weight excluding hydrogens is 280 g/mol. The average Bonchev–Trinajstić information content (AvgIpc) is 2.93. The monoisotopic (exact) mass is 294 g/mol. The lowest BCUT2D eigenvalue weighted by atomic mass is 10.2. The first-order valence-corrected chi connectivity index (χ1v) is 7.71. The number of nitrogens with zero attached hydrogens (tertiary/aromatic N) is 3. The summed E-state index contributed by atoms with van der Waals surface area (Å²) in [6, 6.07) is 5.47. The Bertz CT molecular complexity index is 796. The van der Waals surface area contributed by atoms with Crippen LogP contribution >= 0.6 is 0 Å². The van der Waals surface area contributed by atoms with Gasteiger partial charge in [0.2, 0.25) is 15.9 Å². The highest BCUT2D eigenvalue weighted by Crippen LogP contribution is 2.27. The van der Waals surface area contributed by atoms with Crippen LogP contribution in [0.25, 0.3) is 10.9 Å². The summed E-state index contributed by atoms with van der Waals surface area (Å²) in [6.07, 6.45) is 1.64. The van der Waals surface area contributed by atoms with Crippen molar-refractivity contribution in [1.29, 1.82) is 0 Å². The summed E-state index contributed by atoms with van der Waals surface area (Å²) in [6.45, 7) is 0.101. The number of hydrogen-bond acceptors (Lipinski definition) is 4. The van der Waals surface area contributed by atoms with Gasteiger partial charge in [0.25, 0.3) is 0 Å². The smallest absolute Gasteiger partial charge is 0.228 e. The maximum Gasteiger partial charge on any atom is 0.228 e. The maximum absolute atomic E-state index is 12.0. The maximum atomic E-state index is 12.0. The minimum atomic E-state index is -3.69. The van der Waals surface area contributed by atoms with Crippen molar-refractivity contribution in [3.63, 3.8) is 0 Å². The van der Waals surface area contributed by atoms with Crippen molar-refractivity contribution in [3.05, 3.63) is 24.4 Å². The van der Waals surface area contributed by atoms with Crippen LogP contribution < -0.4 is 10.0 Å². The van der Waals surface area contributed by atoms with Crippen molar-refractivity contribution < 1.29 is 13.2 Å². The van der Waals surface area contributed by atoms with Crippen LogP contribution in [-0.2, 0) is 21.9 Å². The van der Waals surface area contributed by atoms with Gasteiger partial charge in [-0.15, -0.1) is 0 Å². The number of anilines is 1. The molecule has 0 spiro atoms. The van der Waals surface area contributed by atoms with Crippen LogP contribution in [-0.4, -0.2) is 35.9 Å². The largest absolute Gasteiger partial charge is 0.311 e. The highest BCUT2D eigenvalue weighted by Gasteiger charge is 2.37. The molecule has 0 radical (unpaired) electrons. The van der Waals surface area contributed by atoms with Crippen molar-refractivity contribution in [3.8, 4) is 0 Å². The molecule has 1 amide bonds. The van der Waals surface area contributed by atoms with Gasteiger partial charge in [0.15, 0.2) is 0 Å². The summed E-state index contributed by atoms with van der Waals surface area (Å²) >= 11 is 0. The zero-order chi connectivity index (χ0) is 14.5. The lowest BCUT2D eigenvalue weighted by Crippen LogP contribution is -2.32. The second-order valence-corrected chi connectivity index (χ2v) is 6.78. The number of rotatable bonds is 2. The number of nitrogens with two attached hydrogens (primary N) is 1. The zero-order valence-corrected chi connectivity index (χ0v) is 11.7. The number of primary sulfonamides is 1. The van der Waals surface area contributed by atoms with Gasteiger partial charge in [-0.25, -0.2) is 13.6 Å². The third kappa shape index (κ3) is 2.06. The highest BCUT2D eigenvalue weighted by molar-refractivity contribution is 7.89. The van der Waals surface area contributed by atoms with E-state index in [-0.39, 0.29) is 18.9 Å². The van der Waals surface area contributed by atoms with Gasteiger partial charge in [-0.2, -0.15) is 5.10 Å². The molecule has 1 aliphatic rings. The summed E-state index contributed by atoms with van der Waals surface area (Å²) in [4.78, 5) is 13.4. The van der Waals surface area contributed by atoms with E-state index in [4.69, 9.17) is 5.14 Å². The fraction of sp³-hybridized carbons (Fsp3) is 0.333. The molecule has 0 saturated carbocycles. The second kappa shape index (κ2) is 4.29. The fourth-order valence-corrected chi connectivity index (χ4v) is 3.20. The first kappa shape index (κ1) is 13.1. The van der Waals surface area contributed by atoms with E-state index in [1.165, 1.54) is 4.90 Å². The van der Waals surface area contributed by atoms with E-state index in [1.807, 2.05) is 19.2 Å². The van der Waals surface area contributed by atoms with Gasteiger partial charge in [-0.1, -0.05) is 0 Å². The molecule has 7 nitrogen and oxygen atoms in total. The molecule has 0 aliphatic carbocycles. The fourth-order valence-electron chi connectivity index (χ4n) is 2.46. The third-order valence-corrected chi connectivity index (χ3v) is 4.84. The summed E-state index contributed by atoms with van der Waals surface area (Å²) in [5.41, 5.74) is 1.62. The molecule has 1 aromatic heterocycles. The summed E-state index contributed by atoms with van der Waals surface area (Å²) in [5, 5.41) is 9.32. The van der Waals surface area contributed by atoms with Gasteiger partial charge in [-0.3, -0.25) is 9.48 Å². The molecule has 8 heteroatoms. The van der Waals surface area contributed by atoms with Crippen molar-refractivity contribution >= 4 is 32.5 Å². The van der Waals surface area contributed by atoms with Crippen molar-refractivity contribution in [2.45, 2.75) is 11.7 Å². The molecule has 2 aromatic rings. The molecule has 20 heavy (non-hydrogen) atoms. The normalized spacial score (nSPS) is 20.0. The Kier molecular flexibility index (Phi) is 2.80. The van der Waals surface area contributed by atoms with E-state index in [0.717, 1.165) is 10.9 Å². The lowest BCUT2D eigenvalue weighted by molar-refractivity contribution is -0.117. The molecule has 1 aliphatic heterocycles. The van der Waals surface area contributed by atoms with Gasteiger partial charge >= 0.3 is 0 Å². The number of aromatic nitrogens is 2. The molecule has 1 fully saturated rings. The van der Waals surface area contributed by atoms with Crippen molar-refractivity contribution in [2.75, 3.05) is 11.4 Å². The Morgan fingerprint density at radius 2 is 2.15 bits per heavy atom. The first-order valence-electron chi connectivity index (χ1n) is 6.10. The van der Waals surface area contributed by atoms with E-state index >= 15 is 0 Å². The number of carbonyl (C=O) groups excluding carboxylic acids is 1. The van der Waals surface area contributed by atoms with Gasteiger partial charge in [0.05, 0.1) is 11.7 Å². The van der Waals surface area contributed by atoms with Crippen LogP contribution in [0.5, 0.6) is 0 Å². The molecule has 1 aromatic carbocycles. The zero-order valence-electron chi connectivity index (χ0n) is 10.9. The van der Waals surface area contributed by atoms with Gasteiger partial charge < -0.3 is 4.90 Å². The van der Waals surface area contributed by atoms with Gasteiger partial charge in [0.1, 0.15) is 5.25 Å². The third-order valence-electron chi connectivity index (χ3n) is 3.60. The molecule has 1 saturated heterocycles. The van der Waals surface area contributed by atoms with Crippen LogP contribution in [0.3, 0.4) is 0 Å². The Balaban J connectivity index is 1.97. The van der Waals surface area contributed by atoms with E-state index in [0.29, 0.717) is 5.69 Å². The molecule has 0 bridgehead atoms. The minimum Gasteiger partial charge on any atom is -0.311 e. The summed E-state index contributed by atoms with van der Waals surface area (Å²) < 4.78 is 24.4. The standard InChI is InChI=1S/C12H14N4O3S/c1-15-11-3-2-9(4-8(11)6-14-15)16-7-10(5-12(16)17)20(13,18)19/h2-4,6,10H,5,7H2,1H3,(H2,13,18,19). The number of aryl methyl sites for hydroxylation is 1. The number of sulfonamides is 1. The number of amides is 1. The summed E-state index contributed by atoms with van der Waals surface area (Å²) in [5.74, 6) is -0.229. The summed E-state index contributed by atoms with van der Waals surface area (Å²) in [7, 11) is -1.86. The highest BCUT2D eigenvalue weighted by atomic mass is 32.2. The number of fused-ring (bicyclic) bond motifs is 1. The predicted molar refractivity (Wildman–Crippen MR) is 74.6 cm³/mol. The number of hydrogen-bond donors (Lipinski definition) is 1. The van der Waals surface area contributed by atoms with Crippen LogP contribution in [0.2, 0.25) is 0 Å². The molecule has 2 heterocycles. The Morgan fingerprint density at radius 1 is 1.40 bits per heavy atom. The molecule has 1 atom stereocenters. The van der Waals surface area contributed by atoms with Crippen molar-refractivity contribution in [1.82, 2.24) is 9.78 Å². The van der Waals surface area contributed by atoms with E-state index in [1.54, 1.807) is 16.9 Å². The molecule has 106 valence electrons. The van der Waals surface area contributed by atoms with Crippen LogP contribution in [0.1, 0.15) is 6.42 Å². The Morgan fingerprint density at radius 3 is 2.80 bits per heavy atom. The van der Waals surface area contributed by atoms with E-state index in [9.17, 15) is 13.2 Å². The van der Waals surface area contributed by atoms with Crippen LogP contribution in [0, 0.1) is 0 Å². The second-order valence-electron chi connectivity index (χ2n) is 4.93. The van der Waals surface area contributed by atoms with Gasteiger partial charge in [-0.05, 0) is 18.2 Å². The Hall–Kier alpha value is -1.93. The number of carbonyl (C=O) groups is 1. The quantitative estimate of drug-likeness (QED) is 0.840. The van der Waals surface area contributed by atoms with Crippen LogP contribution in [0.4, 0.5) is 5.69 Å². The lowest BCUT2D eigenvalue weighted by Gasteiger charge is -2.16. The molecule has 2 N–H and O–H groups in total. The van der Waals surface area contributed by atoms with E-state index < -0.39 is 15.3 Å². The minimum absolute atomic E-state index is 0.0656. The molecule has 3 rings (SSSR count). The number of benzene rings is 1. The molecule has 1 unspecified atom stereocenters. The van der Waals surface area contributed by atoms with Gasteiger partial charge in [0, 0.05) is 31.1 Å². The average molecular weight is 294 g/mol. The van der Waals surface area contributed by atoms with Crippen molar-refractivity contribution in [2.24, 2.45) is 12.2 Å².